The molecule has 1 saturated heterocycles. The van der Waals surface area contributed by atoms with Gasteiger partial charge >= 0.3 is 0 Å². The van der Waals surface area contributed by atoms with Crippen molar-refractivity contribution in [3.05, 3.63) is 30.3 Å². The summed E-state index contributed by atoms with van der Waals surface area (Å²) in [4.78, 5) is 0.162. The maximum absolute atomic E-state index is 12.6. The zero-order valence-electron chi connectivity index (χ0n) is 13.8. The van der Waals surface area contributed by atoms with Gasteiger partial charge in [0, 0.05) is 20.1 Å². The van der Waals surface area contributed by atoms with Gasteiger partial charge in [-0.2, -0.15) is 0 Å². The molecule has 0 spiro atoms. The van der Waals surface area contributed by atoms with E-state index in [1.165, 1.54) is 26.4 Å². The summed E-state index contributed by atoms with van der Waals surface area (Å²) in [6, 6.07) is 8.04. The Labute approximate surface area is 137 Å². The molecule has 1 aromatic rings. The van der Waals surface area contributed by atoms with Crippen LogP contribution in [0.5, 0.6) is 0 Å². The Morgan fingerprint density at radius 1 is 1.22 bits per heavy atom. The molecule has 0 aromatic heterocycles. The number of aliphatic hydroxyl groups is 1. The number of sulfone groups is 1. The number of rotatable bonds is 6. The van der Waals surface area contributed by atoms with Crippen molar-refractivity contribution < 1.29 is 27.7 Å². The number of methoxy groups -OCH3 is 2. The summed E-state index contributed by atoms with van der Waals surface area (Å²) in [6.45, 7) is 3.65. The molecule has 1 aliphatic rings. The first-order valence-corrected chi connectivity index (χ1v) is 9.14. The van der Waals surface area contributed by atoms with E-state index in [1.54, 1.807) is 25.1 Å². The molecule has 23 heavy (non-hydrogen) atoms. The summed E-state index contributed by atoms with van der Waals surface area (Å²) in [5.41, 5.74) is 0. The highest BCUT2D eigenvalue weighted by Gasteiger charge is 2.54. The standard InChI is InChI=1S/C16H24O6S/c1-11-12(2)16(17,22-14(11)15(20-3)21-4)10-23(18,19)13-8-6-5-7-9-13/h5-9,11-12,14-15,17H,10H2,1-4H3/t11?,12?,14-,16?/m0/s1. The van der Waals surface area contributed by atoms with Crippen LogP contribution >= 0.6 is 0 Å². The van der Waals surface area contributed by atoms with Crippen molar-refractivity contribution >= 4 is 9.84 Å². The normalized spacial score (nSPS) is 31.7. The maximum atomic E-state index is 12.6. The average molecular weight is 344 g/mol. The first-order chi connectivity index (χ1) is 10.7. The van der Waals surface area contributed by atoms with E-state index in [0.717, 1.165) is 0 Å². The van der Waals surface area contributed by atoms with E-state index >= 15 is 0 Å². The Balaban J connectivity index is 2.25. The quantitative estimate of drug-likeness (QED) is 0.787. The first-order valence-electron chi connectivity index (χ1n) is 7.49. The van der Waals surface area contributed by atoms with Crippen LogP contribution in [0.15, 0.2) is 35.2 Å². The highest BCUT2D eigenvalue weighted by atomic mass is 32.2. The van der Waals surface area contributed by atoms with Gasteiger partial charge in [0.25, 0.3) is 0 Å². The van der Waals surface area contributed by atoms with Crippen molar-refractivity contribution in [3.63, 3.8) is 0 Å². The van der Waals surface area contributed by atoms with Crippen molar-refractivity contribution in [3.8, 4) is 0 Å². The Morgan fingerprint density at radius 3 is 2.30 bits per heavy atom. The summed E-state index contributed by atoms with van der Waals surface area (Å²) < 4.78 is 41.2. The minimum absolute atomic E-state index is 0.129. The Hall–Kier alpha value is -0.990. The Kier molecular flexibility index (Phi) is 5.48. The molecule has 0 saturated carbocycles. The zero-order valence-corrected chi connectivity index (χ0v) is 14.6. The molecule has 1 fully saturated rings. The third-order valence-corrected chi connectivity index (χ3v) is 6.37. The lowest BCUT2D eigenvalue weighted by atomic mass is 9.88. The first kappa shape index (κ1) is 18.4. The van der Waals surface area contributed by atoms with Gasteiger partial charge in [-0.25, -0.2) is 8.42 Å². The van der Waals surface area contributed by atoms with Gasteiger partial charge in [-0.05, 0) is 18.1 Å². The van der Waals surface area contributed by atoms with Crippen LogP contribution in [0.3, 0.4) is 0 Å². The molecule has 0 amide bonds. The molecule has 1 aromatic carbocycles. The zero-order chi connectivity index (χ0) is 17.3. The summed E-state index contributed by atoms with van der Waals surface area (Å²) in [6.07, 6.45) is -1.21. The molecule has 3 unspecified atom stereocenters. The lowest BCUT2D eigenvalue weighted by Crippen LogP contribution is -2.43. The minimum atomic E-state index is -3.68. The fourth-order valence-electron chi connectivity index (χ4n) is 2.96. The van der Waals surface area contributed by atoms with E-state index < -0.39 is 39.7 Å². The largest absolute Gasteiger partial charge is 0.364 e. The van der Waals surface area contributed by atoms with E-state index in [0.29, 0.717) is 0 Å². The van der Waals surface area contributed by atoms with Crippen LogP contribution in [0.4, 0.5) is 0 Å². The fraction of sp³-hybridized carbons (Fsp3) is 0.625. The third kappa shape index (κ3) is 3.59. The molecular formula is C16H24O6S. The highest BCUT2D eigenvalue weighted by molar-refractivity contribution is 7.91. The monoisotopic (exact) mass is 344 g/mol. The minimum Gasteiger partial charge on any atom is -0.364 e. The fourth-order valence-corrected chi connectivity index (χ4v) is 4.58. The molecule has 0 radical (unpaired) electrons. The van der Waals surface area contributed by atoms with Crippen molar-refractivity contribution in [2.75, 3.05) is 20.0 Å². The molecule has 130 valence electrons. The smallest absolute Gasteiger partial charge is 0.183 e. The van der Waals surface area contributed by atoms with E-state index in [4.69, 9.17) is 14.2 Å². The Morgan fingerprint density at radius 2 is 1.78 bits per heavy atom. The molecule has 1 N–H and O–H groups in total. The van der Waals surface area contributed by atoms with Crippen molar-refractivity contribution in [2.24, 2.45) is 11.8 Å². The lowest BCUT2D eigenvalue weighted by Gasteiger charge is -2.28. The summed E-state index contributed by atoms with van der Waals surface area (Å²) >= 11 is 0. The van der Waals surface area contributed by atoms with Gasteiger partial charge in [0.2, 0.25) is 0 Å². The van der Waals surface area contributed by atoms with Gasteiger partial charge in [0.15, 0.2) is 21.9 Å². The predicted octanol–water partition coefficient (Wildman–Crippen LogP) is 1.44. The van der Waals surface area contributed by atoms with Gasteiger partial charge in [0.05, 0.1) is 4.90 Å². The third-order valence-electron chi connectivity index (χ3n) is 4.59. The van der Waals surface area contributed by atoms with Gasteiger partial charge in [0.1, 0.15) is 11.9 Å². The van der Waals surface area contributed by atoms with Crippen LogP contribution in [0.1, 0.15) is 13.8 Å². The number of hydrogen-bond donors (Lipinski definition) is 1. The molecule has 7 heteroatoms. The number of hydrogen-bond acceptors (Lipinski definition) is 6. The Bertz CT molecular complexity index is 613. The summed E-state index contributed by atoms with van der Waals surface area (Å²) in [5.74, 6) is -2.81. The summed E-state index contributed by atoms with van der Waals surface area (Å²) in [5, 5.41) is 10.8. The second kappa shape index (κ2) is 6.86. The second-order valence-corrected chi connectivity index (χ2v) is 7.98. The second-order valence-electron chi connectivity index (χ2n) is 5.99. The van der Waals surface area contributed by atoms with Crippen LogP contribution in [0.2, 0.25) is 0 Å². The summed E-state index contributed by atoms with van der Waals surface area (Å²) in [7, 11) is -0.719. The number of ether oxygens (including phenoxy) is 3. The van der Waals surface area contributed by atoms with Crippen molar-refractivity contribution in [1.82, 2.24) is 0 Å². The van der Waals surface area contributed by atoms with Crippen molar-refractivity contribution in [2.45, 2.75) is 36.9 Å². The molecule has 0 bridgehead atoms. The molecule has 6 nitrogen and oxygen atoms in total. The van der Waals surface area contributed by atoms with Crippen LogP contribution in [0.25, 0.3) is 0 Å². The number of benzene rings is 1. The average Bonchev–Trinajstić information content (AvgIpc) is 2.74. The SMILES string of the molecule is COC(OC)[C@H]1OC(O)(CS(=O)(=O)c2ccccc2)C(C)C1C. The van der Waals surface area contributed by atoms with E-state index in [2.05, 4.69) is 0 Å². The highest BCUT2D eigenvalue weighted by Crippen LogP contribution is 2.42. The van der Waals surface area contributed by atoms with E-state index in [1.807, 2.05) is 6.92 Å². The molecule has 1 heterocycles. The van der Waals surface area contributed by atoms with E-state index in [9.17, 15) is 13.5 Å². The van der Waals surface area contributed by atoms with Gasteiger partial charge in [-0.15, -0.1) is 0 Å². The van der Waals surface area contributed by atoms with Gasteiger partial charge in [-0.1, -0.05) is 32.0 Å². The van der Waals surface area contributed by atoms with Crippen LogP contribution < -0.4 is 0 Å². The predicted molar refractivity (Wildman–Crippen MR) is 84.5 cm³/mol. The van der Waals surface area contributed by atoms with Crippen molar-refractivity contribution in [1.29, 1.82) is 0 Å². The molecule has 0 aliphatic carbocycles. The van der Waals surface area contributed by atoms with Gasteiger partial charge in [-0.3, -0.25) is 0 Å². The molecule has 4 atom stereocenters. The van der Waals surface area contributed by atoms with Crippen LogP contribution in [0, 0.1) is 11.8 Å². The molecule has 2 rings (SSSR count). The van der Waals surface area contributed by atoms with Crippen LogP contribution in [-0.4, -0.2) is 51.7 Å². The molecular weight excluding hydrogens is 320 g/mol. The lowest BCUT2D eigenvalue weighted by molar-refractivity contribution is -0.245. The maximum Gasteiger partial charge on any atom is 0.183 e. The van der Waals surface area contributed by atoms with Crippen LogP contribution in [-0.2, 0) is 24.0 Å². The van der Waals surface area contributed by atoms with Gasteiger partial charge < -0.3 is 19.3 Å². The topological polar surface area (TPSA) is 82.1 Å². The van der Waals surface area contributed by atoms with E-state index in [-0.39, 0.29) is 10.8 Å². The molecule has 1 aliphatic heterocycles.